The molecule has 0 aliphatic heterocycles. The minimum atomic E-state index is -2.63. The number of amides is 1. The first-order valence-corrected chi connectivity index (χ1v) is 8.11. The molecule has 0 radical (unpaired) electrons. The van der Waals surface area contributed by atoms with Gasteiger partial charge < -0.3 is 15.2 Å². The van der Waals surface area contributed by atoms with Gasteiger partial charge in [-0.05, 0) is 19.8 Å². The van der Waals surface area contributed by atoms with Crippen molar-refractivity contribution in [1.29, 1.82) is 0 Å². The lowest BCUT2D eigenvalue weighted by Crippen LogP contribution is -2.69. The fraction of sp³-hybridized carbons (Fsp3) is 0.938. The van der Waals surface area contributed by atoms with Crippen LogP contribution in [-0.2, 0) is 9.53 Å². The van der Waals surface area contributed by atoms with Gasteiger partial charge in [0.2, 0.25) is 11.8 Å². The van der Waals surface area contributed by atoms with Gasteiger partial charge in [0.05, 0.1) is 11.7 Å². The third-order valence-electron chi connectivity index (χ3n) is 5.54. The molecule has 2 aliphatic rings. The van der Waals surface area contributed by atoms with Crippen molar-refractivity contribution in [3.8, 4) is 0 Å². The van der Waals surface area contributed by atoms with Crippen LogP contribution in [0.1, 0.15) is 52.9 Å². The zero-order valence-electron chi connectivity index (χ0n) is 13.6. The summed E-state index contributed by atoms with van der Waals surface area (Å²) in [7, 11) is 0. The lowest BCUT2D eigenvalue weighted by molar-refractivity contribution is -0.238. The van der Waals surface area contributed by atoms with Crippen molar-refractivity contribution >= 4 is 5.91 Å². The standard InChI is InChI=1S/C16H27F2NO3/c1-4-22-12-9-15(21,14(12,2)3)10-19-13(20)11-5-7-16(17,18)8-6-11/h11-12,21H,4-10H2,1-3H3,(H,19,20)/t12-,15+/m0/s1. The van der Waals surface area contributed by atoms with Crippen molar-refractivity contribution in [2.45, 2.75) is 70.5 Å². The molecule has 6 heteroatoms. The van der Waals surface area contributed by atoms with Crippen LogP contribution in [0.25, 0.3) is 0 Å². The largest absolute Gasteiger partial charge is 0.387 e. The molecule has 0 aromatic heterocycles. The Hall–Kier alpha value is -0.750. The quantitative estimate of drug-likeness (QED) is 0.818. The first-order valence-electron chi connectivity index (χ1n) is 8.11. The maximum absolute atomic E-state index is 13.1. The molecule has 0 heterocycles. The fourth-order valence-corrected chi connectivity index (χ4v) is 3.44. The number of hydrogen-bond donors (Lipinski definition) is 2. The van der Waals surface area contributed by atoms with Gasteiger partial charge in [-0.25, -0.2) is 8.78 Å². The summed E-state index contributed by atoms with van der Waals surface area (Å²) in [5.41, 5.74) is -1.43. The Morgan fingerprint density at radius 1 is 1.32 bits per heavy atom. The summed E-state index contributed by atoms with van der Waals surface area (Å²) in [6, 6.07) is 0. The third kappa shape index (κ3) is 3.27. The molecule has 2 rings (SSSR count). The lowest BCUT2D eigenvalue weighted by atomic mass is 9.56. The first kappa shape index (κ1) is 17.6. The van der Waals surface area contributed by atoms with Crippen LogP contribution in [0.3, 0.4) is 0 Å². The predicted molar refractivity (Wildman–Crippen MR) is 78.7 cm³/mol. The highest BCUT2D eigenvalue weighted by atomic mass is 19.3. The molecule has 2 atom stereocenters. The average molecular weight is 319 g/mol. The number of carbonyl (C=O) groups excluding carboxylic acids is 1. The maximum atomic E-state index is 13.1. The number of ether oxygens (including phenoxy) is 1. The van der Waals surface area contributed by atoms with E-state index in [2.05, 4.69) is 5.32 Å². The number of aliphatic hydroxyl groups is 1. The highest BCUT2D eigenvalue weighted by Gasteiger charge is 2.60. The van der Waals surface area contributed by atoms with Crippen molar-refractivity contribution in [1.82, 2.24) is 5.32 Å². The number of carbonyl (C=O) groups is 1. The van der Waals surface area contributed by atoms with Crippen molar-refractivity contribution in [3.63, 3.8) is 0 Å². The van der Waals surface area contributed by atoms with E-state index in [0.29, 0.717) is 13.0 Å². The third-order valence-corrected chi connectivity index (χ3v) is 5.54. The monoisotopic (exact) mass is 319 g/mol. The second kappa shape index (κ2) is 6.04. The van der Waals surface area contributed by atoms with E-state index in [1.54, 1.807) is 0 Å². The lowest BCUT2D eigenvalue weighted by Gasteiger charge is -2.58. The van der Waals surface area contributed by atoms with Gasteiger partial charge in [-0.3, -0.25) is 4.79 Å². The molecule has 1 amide bonds. The zero-order valence-corrected chi connectivity index (χ0v) is 13.6. The normalized spacial score (nSPS) is 34.0. The van der Waals surface area contributed by atoms with Gasteiger partial charge in [0.25, 0.3) is 0 Å². The molecule has 0 aromatic carbocycles. The first-order chi connectivity index (χ1) is 10.1. The molecule has 0 aromatic rings. The Bertz CT molecular complexity index is 418. The highest BCUT2D eigenvalue weighted by Crippen LogP contribution is 2.51. The molecule has 0 spiro atoms. The van der Waals surface area contributed by atoms with E-state index < -0.39 is 16.9 Å². The molecule has 4 nitrogen and oxygen atoms in total. The van der Waals surface area contributed by atoms with Crippen LogP contribution in [-0.4, -0.2) is 41.8 Å². The van der Waals surface area contributed by atoms with E-state index in [4.69, 9.17) is 4.74 Å². The summed E-state index contributed by atoms with van der Waals surface area (Å²) in [5.74, 6) is -3.22. The number of rotatable bonds is 5. The number of hydrogen-bond acceptors (Lipinski definition) is 3. The molecule has 128 valence electrons. The summed E-state index contributed by atoms with van der Waals surface area (Å²) >= 11 is 0. The fourth-order valence-electron chi connectivity index (χ4n) is 3.44. The van der Waals surface area contributed by atoms with Gasteiger partial charge in [-0.15, -0.1) is 0 Å². The van der Waals surface area contributed by atoms with E-state index in [0.717, 1.165) is 0 Å². The van der Waals surface area contributed by atoms with Crippen LogP contribution in [0, 0.1) is 11.3 Å². The molecule has 0 unspecified atom stereocenters. The van der Waals surface area contributed by atoms with Gasteiger partial charge in [-0.1, -0.05) is 13.8 Å². The second-order valence-electron chi connectivity index (χ2n) is 7.25. The summed E-state index contributed by atoms with van der Waals surface area (Å²) in [4.78, 5) is 12.1. The summed E-state index contributed by atoms with van der Waals surface area (Å²) in [6.45, 7) is 6.49. The van der Waals surface area contributed by atoms with Crippen molar-refractivity contribution in [3.05, 3.63) is 0 Å². The van der Waals surface area contributed by atoms with Crippen LogP contribution in [0.2, 0.25) is 0 Å². The highest BCUT2D eigenvalue weighted by molar-refractivity contribution is 5.78. The molecular formula is C16H27F2NO3. The molecule has 2 fully saturated rings. The summed E-state index contributed by atoms with van der Waals surface area (Å²) in [6.07, 6.45) is 0.426. The molecule has 0 bridgehead atoms. The number of halogens is 2. The van der Waals surface area contributed by atoms with Gasteiger partial charge in [0.15, 0.2) is 0 Å². The summed E-state index contributed by atoms with van der Waals surface area (Å²) < 4.78 is 31.8. The smallest absolute Gasteiger partial charge is 0.248 e. The van der Waals surface area contributed by atoms with E-state index in [9.17, 15) is 18.7 Å². The number of alkyl halides is 2. The molecular weight excluding hydrogens is 292 g/mol. The predicted octanol–water partition coefficient (Wildman–Crippen LogP) is 2.49. The number of nitrogens with one attached hydrogen (secondary N) is 1. The van der Waals surface area contributed by atoms with Crippen LogP contribution in [0.15, 0.2) is 0 Å². The SMILES string of the molecule is CCO[C@H]1C[C@@](O)(CNC(=O)C2CCC(F)(F)CC2)C1(C)C. The van der Waals surface area contributed by atoms with E-state index in [1.807, 2.05) is 20.8 Å². The van der Waals surface area contributed by atoms with E-state index >= 15 is 0 Å². The Morgan fingerprint density at radius 2 is 1.91 bits per heavy atom. The second-order valence-corrected chi connectivity index (χ2v) is 7.25. The van der Waals surface area contributed by atoms with Crippen LogP contribution >= 0.6 is 0 Å². The van der Waals surface area contributed by atoms with Crippen molar-refractivity contribution < 1.29 is 23.4 Å². The zero-order chi connectivity index (χ0) is 16.6. The molecule has 2 saturated carbocycles. The Kier molecular flexibility index (Phi) is 4.83. The minimum Gasteiger partial charge on any atom is -0.387 e. The average Bonchev–Trinajstić information content (AvgIpc) is 2.44. The Labute approximate surface area is 130 Å². The van der Waals surface area contributed by atoms with Crippen molar-refractivity contribution in [2.24, 2.45) is 11.3 Å². The molecule has 2 N–H and O–H groups in total. The Morgan fingerprint density at radius 3 is 2.41 bits per heavy atom. The van der Waals surface area contributed by atoms with Gasteiger partial charge in [-0.2, -0.15) is 0 Å². The summed E-state index contributed by atoms with van der Waals surface area (Å²) in [5, 5.41) is 13.4. The molecule has 0 saturated heterocycles. The molecule has 2 aliphatic carbocycles. The van der Waals surface area contributed by atoms with E-state index in [-0.39, 0.29) is 50.2 Å². The minimum absolute atomic E-state index is 0.0206. The van der Waals surface area contributed by atoms with Crippen LogP contribution < -0.4 is 5.32 Å². The van der Waals surface area contributed by atoms with Gasteiger partial charge in [0, 0.05) is 43.7 Å². The van der Waals surface area contributed by atoms with Crippen LogP contribution in [0.5, 0.6) is 0 Å². The Balaban J connectivity index is 1.82. The van der Waals surface area contributed by atoms with Crippen LogP contribution in [0.4, 0.5) is 8.78 Å². The topological polar surface area (TPSA) is 58.6 Å². The molecule has 22 heavy (non-hydrogen) atoms. The van der Waals surface area contributed by atoms with Crippen molar-refractivity contribution in [2.75, 3.05) is 13.2 Å². The van der Waals surface area contributed by atoms with Gasteiger partial charge >= 0.3 is 0 Å². The van der Waals surface area contributed by atoms with Gasteiger partial charge in [0.1, 0.15) is 0 Å². The maximum Gasteiger partial charge on any atom is 0.248 e. The van der Waals surface area contributed by atoms with E-state index in [1.165, 1.54) is 0 Å².